The van der Waals surface area contributed by atoms with Gasteiger partial charge in [-0.2, -0.15) is 0 Å². The zero-order valence-electron chi connectivity index (χ0n) is 7.61. The molecule has 0 aliphatic heterocycles. The molecule has 0 atom stereocenters. The molecule has 0 spiro atoms. The van der Waals surface area contributed by atoms with Crippen LogP contribution >= 0.6 is 11.8 Å². The van der Waals surface area contributed by atoms with Crippen LogP contribution in [0.3, 0.4) is 0 Å². The van der Waals surface area contributed by atoms with Crippen LogP contribution in [0.1, 0.15) is 0 Å². The van der Waals surface area contributed by atoms with Gasteiger partial charge in [-0.1, -0.05) is 12.1 Å². The summed E-state index contributed by atoms with van der Waals surface area (Å²) in [6, 6.07) is 4.01. The van der Waals surface area contributed by atoms with E-state index >= 15 is 0 Å². The third-order valence-electron chi connectivity index (χ3n) is 1.60. The lowest BCUT2D eigenvalue weighted by Gasteiger charge is -2.10. The summed E-state index contributed by atoms with van der Waals surface area (Å²) in [5.74, 6) is -0.429. The van der Waals surface area contributed by atoms with E-state index in [0.717, 1.165) is 0 Å². The molecule has 3 nitrogen and oxygen atoms in total. The van der Waals surface area contributed by atoms with Crippen molar-refractivity contribution in [2.24, 2.45) is 0 Å². The van der Waals surface area contributed by atoms with E-state index in [1.54, 1.807) is 6.26 Å². The number of rotatable bonds is 4. The molecule has 1 rings (SSSR count). The normalized spacial score (nSPS) is 10.0. The van der Waals surface area contributed by atoms with Gasteiger partial charge in [0.15, 0.2) is 11.6 Å². The highest BCUT2D eigenvalue weighted by Crippen LogP contribution is 2.15. The third kappa shape index (κ3) is 2.63. The maximum Gasteiger partial charge on any atom is 0.492 e. The maximum atomic E-state index is 13.2. The molecule has 76 valence electrons. The molecule has 1 aromatic rings. The second-order valence-corrected chi connectivity index (χ2v) is 3.40. The van der Waals surface area contributed by atoms with Crippen LogP contribution < -0.4 is 10.2 Å². The Balaban J connectivity index is 2.96. The van der Waals surface area contributed by atoms with Crippen LogP contribution in [0.4, 0.5) is 4.39 Å². The monoisotopic (exact) mass is 216 g/mol. The number of ether oxygens (including phenoxy) is 1. The highest BCUT2D eigenvalue weighted by molar-refractivity contribution is 7.98. The molecule has 0 heterocycles. The highest BCUT2D eigenvalue weighted by atomic mass is 32.2. The van der Waals surface area contributed by atoms with Crippen LogP contribution in [0.5, 0.6) is 5.75 Å². The first-order valence-electron chi connectivity index (χ1n) is 3.93. The first-order chi connectivity index (χ1) is 6.66. The zero-order valence-corrected chi connectivity index (χ0v) is 8.42. The largest absolute Gasteiger partial charge is 0.492 e. The summed E-state index contributed by atoms with van der Waals surface area (Å²) in [6.45, 7) is 0. The van der Waals surface area contributed by atoms with Crippen LogP contribution in [-0.4, -0.2) is 29.4 Å². The van der Waals surface area contributed by atoms with Gasteiger partial charge in [0.2, 0.25) is 0 Å². The lowest BCUT2D eigenvalue weighted by molar-refractivity contribution is 0.366. The van der Waals surface area contributed by atoms with Gasteiger partial charge in [0.25, 0.3) is 0 Å². The molecular formula is C8H10BFO3S. The van der Waals surface area contributed by atoms with E-state index in [4.69, 9.17) is 14.8 Å². The molecule has 0 unspecified atom stereocenters. The number of halogens is 1. The molecule has 0 aromatic heterocycles. The Morgan fingerprint density at radius 3 is 2.79 bits per heavy atom. The molecule has 0 fully saturated rings. The summed E-state index contributed by atoms with van der Waals surface area (Å²) in [6.07, 6.45) is 1.80. The lowest BCUT2D eigenvalue weighted by atomic mass is 9.79. The van der Waals surface area contributed by atoms with Gasteiger partial charge in [-0.3, -0.25) is 0 Å². The van der Waals surface area contributed by atoms with E-state index in [1.165, 1.54) is 30.0 Å². The van der Waals surface area contributed by atoms with Crippen molar-refractivity contribution in [1.82, 2.24) is 0 Å². The minimum Gasteiger partial charge on any atom is -0.480 e. The van der Waals surface area contributed by atoms with Crippen molar-refractivity contribution >= 4 is 24.3 Å². The minimum atomic E-state index is -1.72. The number of para-hydroxylation sites is 1. The van der Waals surface area contributed by atoms with Gasteiger partial charge >= 0.3 is 7.12 Å². The van der Waals surface area contributed by atoms with Crippen molar-refractivity contribution in [3.05, 3.63) is 24.0 Å². The van der Waals surface area contributed by atoms with Gasteiger partial charge in [-0.15, -0.1) is 11.8 Å². The van der Waals surface area contributed by atoms with Crippen LogP contribution in [0, 0.1) is 5.82 Å². The summed E-state index contributed by atoms with van der Waals surface area (Å²) < 4.78 is 18.2. The van der Waals surface area contributed by atoms with E-state index < -0.39 is 12.9 Å². The number of hydrogen-bond donors (Lipinski definition) is 2. The van der Waals surface area contributed by atoms with Crippen molar-refractivity contribution < 1.29 is 19.2 Å². The molecule has 6 heteroatoms. The average molecular weight is 216 g/mol. The number of benzene rings is 1. The molecular weight excluding hydrogens is 206 g/mol. The van der Waals surface area contributed by atoms with Crippen molar-refractivity contribution in [3.63, 3.8) is 0 Å². The molecule has 0 radical (unpaired) electrons. The van der Waals surface area contributed by atoms with Gasteiger partial charge < -0.3 is 14.8 Å². The standard InChI is InChI=1S/C8H10BFO3S/c1-14-5-13-8-6(9(11)12)3-2-4-7(8)10/h2-4,11-12H,5H2,1H3. The molecule has 0 bridgehead atoms. The molecule has 0 amide bonds. The van der Waals surface area contributed by atoms with E-state index in [1.807, 2.05) is 0 Å². The van der Waals surface area contributed by atoms with Gasteiger partial charge in [0.1, 0.15) is 5.94 Å². The van der Waals surface area contributed by atoms with E-state index in [9.17, 15) is 4.39 Å². The third-order valence-corrected chi connectivity index (χ3v) is 1.95. The molecule has 14 heavy (non-hydrogen) atoms. The summed E-state index contributed by atoms with van der Waals surface area (Å²) in [5, 5.41) is 17.9. The van der Waals surface area contributed by atoms with Crippen molar-refractivity contribution in [3.8, 4) is 5.75 Å². The molecule has 0 saturated carbocycles. The Kier molecular flexibility index (Phi) is 4.25. The molecule has 1 aromatic carbocycles. The number of thioether (sulfide) groups is 1. The number of hydrogen-bond acceptors (Lipinski definition) is 4. The summed E-state index contributed by atoms with van der Waals surface area (Å²) >= 11 is 1.37. The molecule has 0 aliphatic carbocycles. The topological polar surface area (TPSA) is 49.7 Å². The Labute approximate surface area is 86.0 Å². The van der Waals surface area contributed by atoms with Crippen LogP contribution in [0.15, 0.2) is 18.2 Å². The summed E-state index contributed by atoms with van der Waals surface area (Å²) in [4.78, 5) is 0. The predicted octanol–water partition coefficient (Wildman–Crippen LogP) is 0.205. The zero-order chi connectivity index (χ0) is 10.6. The summed E-state index contributed by atoms with van der Waals surface area (Å²) in [5.41, 5.74) is 0.0408. The van der Waals surface area contributed by atoms with Gasteiger partial charge in [0.05, 0.1) is 0 Å². The Bertz CT molecular complexity index is 309. The first-order valence-corrected chi connectivity index (χ1v) is 5.32. The quantitative estimate of drug-likeness (QED) is 0.557. The van der Waals surface area contributed by atoms with Crippen molar-refractivity contribution in [2.75, 3.05) is 12.2 Å². The molecule has 2 N–H and O–H groups in total. The first kappa shape index (κ1) is 11.4. The Morgan fingerprint density at radius 1 is 1.50 bits per heavy atom. The molecule has 0 aliphatic rings. The highest BCUT2D eigenvalue weighted by Gasteiger charge is 2.19. The average Bonchev–Trinajstić information content (AvgIpc) is 2.15. The second-order valence-electron chi connectivity index (χ2n) is 2.58. The van der Waals surface area contributed by atoms with Crippen LogP contribution in [-0.2, 0) is 0 Å². The van der Waals surface area contributed by atoms with Gasteiger partial charge in [0, 0.05) is 5.46 Å². The Morgan fingerprint density at radius 2 is 2.21 bits per heavy atom. The summed E-state index contributed by atoms with van der Waals surface area (Å²) in [7, 11) is -1.72. The predicted molar refractivity (Wildman–Crippen MR) is 55.2 cm³/mol. The lowest BCUT2D eigenvalue weighted by Crippen LogP contribution is -2.32. The van der Waals surface area contributed by atoms with Gasteiger partial charge in [-0.25, -0.2) is 4.39 Å². The van der Waals surface area contributed by atoms with Crippen molar-refractivity contribution in [1.29, 1.82) is 0 Å². The maximum absolute atomic E-state index is 13.2. The Hall–Kier alpha value is -0.715. The smallest absolute Gasteiger partial charge is 0.480 e. The van der Waals surface area contributed by atoms with E-state index in [-0.39, 0.29) is 17.2 Å². The van der Waals surface area contributed by atoms with Crippen molar-refractivity contribution in [2.45, 2.75) is 0 Å². The van der Waals surface area contributed by atoms with Gasteiger partial charge in [-0.05, 0) is 12.3 Å². The fourth-order valence-electron chi connectivity index (χ4n) is 0.999. The fourth-order valence-corrected chi connectivity index (χ4v) is 1.23. The van der Waals surface area contributed by atoms with Crippen LogP contribution in [0.25, 0.3) is 0 Å². The minimum absolute atomic E-state index is 0.0408. The van der Waals surface area contributed by atoms with E-state index in [0.29, 0.717) is 0 Å². The SMILES string of the molecule is CSCOc1c(F)cccc1B(O)O. The van der Waals surface area contributed by atoms with E-state index in [2.05, 4.69) is 0 Å². The molecule has 0 saturated heterocycles. The van der Waals surface area contributed by atoms with Crippen LogP contribution in [0.2, 0.25) is 0 Å². The second kappa shape index (κ2) is 5.24. The fraction of sp³-hybridized carbons (Fsp3) is 0.250.